The Kier molecular flexibility index (Phi) is 4.29. The molecule has 0 saturated heterocycles. The number of benzene rings is 1. The molecule has 0 atom stereocenters. The van der Waals surface area contributed by atoms with E-state index in [0.717, 1.165) is 12.1 Å². The maximum atomic E-state index is 13.2. The van der Waals surface area contributed by atoms with Gasteiger partial charge in [-0.1, -0.05) is 0 Å². The summed E-state index contributed by atoms with van der Waals surface area (Å²) in [7, 11) is 0. The second-order valence-corrected chi connectivity index (χ2v) is 3.93. The maximum Gasteiger partial charge on any atom is 0.573 e. The van der Waals surface area contributed by atoms with Gasteiger partial charge < -0.3 is 9.47 Å². The maximum absolute atomic E-state index is 13.2. The van der Waals surface area contributed by atoms with Crippen LogP contribution in [0.4, 0.5) is 17.6 Å². The van der Waals surface area contributed by atoms with Crippen molar-refractivity contribution in [1.29, 1.82) is 0 Å². The van der Waals surface area contributed by atoms with Crippen LogP contribution >= 0.6 is 0 Å². The van der Waals surface area contributed by atoms with Crippen LogP contribution < -0.4 is 4.74 Å². The number of aromatic nitrogens is 3. The first-order valence-electron chi connectivity index (χ1n) is 5.95. The number of ether oxygens (including phenoxy) is 2. The Morgan fingerprint density at radius 1 is 1.32 bits per heavy atom. The number of H-pyrrole nitrogens is 1. The number of aromatic amines is 1. The highest BCUT2D eigenvalue weighted by Gasteiger charge is 2.33. The van der Waals surface area contributed by atoms with Crippen molar-refractivity contribution < 1.29 is 31.8 Å². The molecule has 2 rings (SSSR count). The standard InChI is InChI=1S/C12H9F4N3O3/c1-2-21-11(20)10-9(17-19-18-10)7-4-3-6(13)5-8(7)22-12(14,15)16/h3-5H,2H2,1H3,(H,17,18,19). The molecule has 0 amide bonds. The quantitative estimate of drug-likeness (QED) is 0.692. The van der Waals surface area contributed by atoms with E-state index in [4.69, 9.17) is 4.74 Å². The van der Waals surface area contributed by atoms with Crippen molar-refractivity contribution >= 4 is 5.97 Å². The number of rotatable bonds is 4. The summed E-state index contributed by atoms with van der Waals surface area (Å²) in [6, 6.07) is 2.44. The Morgan fingerprint density at radius 2 is 2.05 bits per heavy atom. The molecule has 0 aliphatic carbocycles. The number of alkyl halides is 3. The van der Waals surface area contributed by atoms with E-state index in [2.05, 4.69) is 20.1 Å². The molecule has 0 radical (unpaired) electrons. The molecule has 1 N–H and O–H groups in total. The van der Waals surface area contributed by atoms with Crippen LogP contribution in [0.5, 0.6) is 5.75 Å². The number of carbonyl (C=O) groups excluding carboxylic acids is 1. The molecule has 0 unspecified atom stereocenters. The Bertz CT molecular complexity index is 684. The SMILES string of the molecule is CCOC(=O)c1n[nH]nc1-c1ccc(F)cc1OC(F)(F)F. The first-order valence-corrected chi connectivity index (χ1v) is 5.95. The van der Waals surface area contributed by atoms with Gasteiger partial charge in [-0.3, -0.25) is 0 Å². The fourth-order valence-electron chi connectivity index (χ4n) is 1.66. The van der Waals surface area contributed by atoms with Gasteiger partial charge in [-0.2, -0.15) is 10.3 Å². The molecule has 0 aliphatic rings. The van der Waals surface area contributed by atoms with Crippen LogP contribution in [-0.2, 0) is 4.74 Å². The van der Waals surface area contributed by atoms with Gasteiger partial charge in [-0.15, -0.1) is 18.3 Å². The molecule has 1 heterocycles. The molecule has 1 aromatic carbocycles. The minimum atomic E-state index is -5.03. The topological polar surface area (TPSA) is 77.1 Å². The van der Waals surface area contributed by atoms with E-state index < -0.39 is 23.9 Å². The molecule has 1 aromatic heterocycles. The first-order chi connectivity index (χ1) is 10.3. The van der Waals surface area contributed by atoms with Crippen molar-refractivity contribution in [3.63, 3.8) is 0 Å². The summed E-state index contributed by atoms with van der Waals surface area (Å²) < 4.78 is 58.8. The zero-order valence-corrected chi connectivity index (χ0v) is 11.1. The molecule has 0 spiro atoms. The third kappa shape index (κ3) is 3.51. The van der Waals surface area contributed by atoms with Crippen molar-refractivity contribution in [2.24, 2.45) is 0 Å². The van der Waals surface area contributed by atoms with E-state index in [9.17, 15) is 22.4 Å². The lowest BCUT2D eigenvalue weighted by Crippen LogP contribution is -2.18. The van der Waals surface area contributed by atoms with Gasteiger partial charge in [0, 0.05) is 11.6 Å². The second kappa shape index (κ2) is 6.00. The van der Waals surface area contributed by atoms with Crippen LogP contribution in [0, 0.1) is 5.82 Å². The van der Waals surface area contributed by atoms with Crippen molar-refractivity contribution in [3.8, 4) is 17.0 Å². The third-order valence-corrected chi connectivity index (χ3v) is 2.44. The van der Waals surface area contributed by atoms with Crippen LogP contribution in [0.25, 0.3) is 11.3 Å². The molecule has 2 aromatic rings. The fourth-order valence-corrected chi connectivity index (χ4v) is 1.66. The van der Waals surface area contributed by atoms with Crippen LogP contribution in [0.15, 0.2) is 18.2 Å². The average Bonchev–Trinajstić information content (AvgIpc) is 2.86. The molecule has 22 heavy (non-hydrogen) atoms. The monoisotopic (exact) mass is 319 g/mol. The summed E-state index contributed by atoms with van der Waals surface area (Å²) >= 11 is 0. The Morgan fingerprint density at radius 3 is 2.68 bits per heavy atom. The van der Waals surface area contributed by atoms with E-state index in [1.807, 2.05) is 0 Å². The molecule has 0 aliphatic heterocycles. The Balaban J connectivity index is 2.49. The average molecular weight is 319 g/mol. The molecule has 0 fully saturated rings. The summed E-state index contributed by atoms with van der Waals surface area (Å²) in [5.74, 6) is -2.66. The minimum absolute atomic E-state index is 0.0421. The molecular weight excluding hydrogens is 310 g/mol. The highest BCUT2D eigenvalue weighted by molar-refractivity contribution is 5.94. The van der Waals surface area contributed by atoms with Crippen molar-refractivity contribution in [3.05, 3.63) is 29.7 Å². The van der Waals surface area contributed by atoms with Gasteiger partial charge in [0.05, 0.1) is 6.61 Å². The van der Waals surface area contributed by atoms with Crippen LogP contribution in [0.1, 0.15) is 17.4 Å². The van der Waals surface area contributed by atoms with Crippen molar-refractivity contribution in [2.75, 3.05) is 6.61 Å². The normalized spacial score (nSPS) is 11.3. The lowest BCUT2D eigenvalue weighted by Gasteiger charge is -2.12. The summed E-state index contributed by atoms with van der Waals surface area (Å²) in [4.78, 5) is 11.7. The second-order valence-electron chi connectivity index (χ2n) is 3.93. The molecular formula is C12H9F4N3O3. The van der Waals surface area contributed by atoms with Gasteiger partial charge in [-0.25, -0.2) is 9.18 Å². The lowest BCUT2D eigenvalue weighted by molar-refractivity contribution is -0.274. The highest BCUT2D eigenvalue weighted by atomic mass is 19.4. The van der Waals surface area contributed by atoms with Crippen LogP contribution in [-0.4, -0.2) is 34.3 Å². The predicted octanol–water partition coefficient (Wildman–Crippen LogP) is 2.69. The van der Waals surface area contributed by atoms with E-state index in [1.54, 1.807) is 6.92 Å². The number of hydrogen-bond donors (Lipinski definition) is 1. The van der Waals surface area contributed by atoms with Crippen molar-refractivity contribution in [1.82, 2.24) is 15.4 Å². The van der Waals surface area contributed by atoms with Gasteiger partial charge >= 0.3 is 12.3 Å². The number of halogens is 4. The van der Waals surface area contributed by atoms with Gasteiger partial charge in [0.25, 0.3) is 0 Å². The van der Waals surface area contributed by atoms with Crippen LogP contribution in [0.3, 0.4) is 0 Å². The van der Waals surface area contributed by atoms with E-state index in [-0.39, 0.29) is 23.6 Å². The largest absolute Gasteiger partial charge is 0.573 e. The summed E-state index contributed by atoms with van der Waals surface area (Å²) in [6.07, 6.45) is -5.03. The summed E-state index contributed by atoms with van der Waals surface area (Å²) in [5.41, 5.74) is -0.825. The van der Waals surface area contributed by atoms with E-state index in [1.165, 1.54) is 0 Å². The number of esters is 1. The molecule has 10 heteroatoms. The van der Waals surface area contributed by atoms with E-state index >= 15 is 0 Å². The van der Waals surface area contributed by atoms with Gasteiger partial charge in [0.2, 0.25) is 0 Å². The number of nitrogens with one attached hydrogen (secondary N) is 1. The molecule has 118 valence electrons. The zero-order valence-electron chi connectivity index (χ0n) is 11.1. The van der Waals surface area contributed by atoms with Gasteiger partial charge in [-0.05, 0) is 19.1 Å². The van der Waals surface area contributed by atoms with Gasteiger partial charge in [0.15, 0.2) is 5.69 Å². The summed E-state index contributed by atoms with van der Waals surface area (Å²) in [5, 5.41) is 9.24. The molecule has 0 saturated carbocycles. The Labute approximate surface area is 121 Å². The lowest BCUT2D eigenvalue weighted by atomic mass is 10.1. The predicted molar refractivity (Wildman–Crippen MR) is 64.4 cm³/mol. The van der Waals surface area contributed by atoms with Crippen molar-refractivity contribution in [2.45, 2.75) is 13.3 Å². The van der Waals surface area contributed by atoms with E-state index in [0.29, 0.717) is 6.07 Å². The number of nitrogens with zero attached hydrogens (tertiary/aromatic N) is 2. The smallest absolute Gasteiger partial charge is 0.461 e. The zero-order chi connectivity index (χ0) is 16.3. The first kappa shape index (κ1) is 15.7. The minimum Gasteiger partial charge on any atom is -0.461 e. The van der Waals surface area contributed by atoms with Crippen LogP contribution in [0.2, 0.25) is 0 Å². The highest BCUT2D eigenvalue weighted by Crippen LogP contribution is 2.34. The third-order valence-electron chi connectivity index (χ3n) is 2.44. The Hall–Kier alpha value is -2.65. The molecule has 0 bridgehead atoms. The van der Waals surface area contributed by atoms with Gasteiger partial charge in [0.1, 0.15) is 17.3 Å². The fraction of sp³-hybridized carbons (Fsp3) is 0.250. The number of hydrogen-bond acceptors (Lipinski definition) is 5. The summed E-state index contributed by atoms with van der Waals surface area (Å²) in [6.45, 7) is 1.59. The number of carbonyl (C=O) groups is 1. The molecule has 6 nitrogen and oxygen atoms in total.